The number of thioether (sulfide) groups is 1. The first-order valence-electron chi connectivity index (χ1n) is 10.1. The molecule has 1 heterocycles. The van der Waals surface area contributed by atoms with Gasteiger partial charge in [-0.1, -0.05) is 24.3 Å². The molecule has 0 amide bonds. The number of benzene rings is 1. The molecule has 0 saturated carbocycles. The summed E-state index contributed by atoms with van der Waals surface area (Å²) in [4.78, 5) is 4.72. The van der Waals surface area contributed by atoms with E-state index in [0.717, 1.165) is 45.1 Å². The zero-order chi connectivity index (χ0) is 19.2. The number of aliphatic imine (C=N–C) groups is 1. The standard InChI is InChI=1S/C21H35N3O2S/c1-3-22-21(23-11-4-5-14-27-2)24-16-18-7-6-8-19(15-18)17-26-20-9-12-25-13-10-20/h6-8,15,20H,3-5,9-14,16-17H2,1-2H3,(H2,22,23,24). The normalized spacial score (nSPS) is 15.7. The molecule has 0 aliphatic carbocycles. The summed E-state index contributed by atoms with van der Waals surface area (Å²) < 4.78 is 11.4. The molecule has 1 fully saturated rings. The summed E-state index contributed by atoms with van der Waals surface area (Å²) in [7, 11) is 0. The van der Waals surface area contributed by atoms with Crippen LogP contribution in [-0.4, -0.2) is 50.4 Å². The maximum Gasteiger partial charge on any atom is 0.191 e. The molecule has 0 radical (unpaired) electrons. The Balaban J connectivity index is 1.79. The van der Waals surface area contributed by atoms with Gasteiger partial charge in [-0.25, -0.2) is 4.99 Å². The van der Waals surface area contributed by atoms with Crippen molar-refractivity contribution >= 4 is 17.7 Å². The van der Waals surface area contributed by atoms with Crippen molar-refractivity contribution in [2.45, 2.75) is 51.9 Å². The lowest BCUT2D eigenvalue weighted by Crippen LogP contribution is -2.37. The number of rotatable bonds is 11. The van der Waals surface area contributed by atoms with Crippen molar-refractivity contribution in [3.8, 4) is 0 Å². The van der Waals surface area contributed by atoms with E-state index in [9.17, 15) is 0 Å². The third-order valence-corrected chi connectivity index (χ3v) is 5.17. The van der Waals surface area contributed by atoms with Gasteiger partial charge in [0.05, 0.1) is 19.3 Å². The molecular weight excluding hydrogens is 358 g/mol. The quantitative estimate of drug-likeness (QED) is 0.342. The van der Waals surface area contributed by atoms with Crippen LogP contribution in [0.2, 0.25) is 0 Å². The molecule has 1 aliphatic heterocycles. The van der Waals surface area contributed by atoms with Gasteiger partial charge in [0.25, 0.3) is 0 Å². The average molecular weight is 394 g/mol. The van der Waals surface area contributed by atoms with Crippen LogP contribution in [0.3, 0.4) is 0 Å². The topological polar surface area (TPSA) is 54.9 Å². The first-order valence-corrected chi connectivity index (χ1v) is 11.5. The number of unbranched alkanes of at least 4 members (excludes halogenated alkanes) is 1. The minimum Gasteiger partial charge on any atom is -0.381 e. The first-order chi connectivity index (χ1) is 13.3. The fourth-order valence-electron chi connectivity index (χ4n) is 2.96. The van der Waals surface area contributed by atoms with Gasteiger partial charge in [0.1, 0.15) is 0 Å². The number of nitrogens with zero attached hydrogens (tertiary/aromatic N) is 1. The van der Waals surface area contributed by atoms with Crippen LogP contribution in [0.4, 0.5) is 0 Å². The number of hydrogen-bond donors (Lipinski definition) is 2. The summed E-state index contributed by atoms with van der Waals surface area (Å²) in [5.41, 5.74) is 2.42. The predicted molar refractivity (Wildman–Crippen MR) is 116 cm³/mol. The van der Waals surface area contributed by atoms with E-state index in [1.165, 1.54) is 29.7 Å². The predicted octanol–water partition coefficient (Wildman–Crippen LogP) is 3.58. The molecule has 2 N–H and O–H groups in total. The number of nitrogens with one attached hydrogen (secondary N) is 2. The number of guanidine groups is 1. The van der Waals surface area contributed by atoms with Crippen molar-refractivity contribution in [3.63, 3.8) is 0 Å². The average Bonchev–Trinajstić information content (AvgIpc) is 2.71. The first kappa shape index (κ1) is 22.1. The molecule has 1 aliphatic rings. The summed E-state index contributed by atoms with van der Waals surface area (Å²) in [5, 5.41) is 6.75. The largest absolute Gasteiger partial charge is 0.381 e. The van der Waals surface area contributed by atoms with Gasteiger partial charge in [0.15, 0.2) is 5.96 Å². The summed E-state index contributed by atoms with van der Waals surface area (Å²) in [6, 6.07) is 8.55. The maximum absolute atomic E-state index is 6.03. The van der Waals surface area contributed by atoms with Crippen molar-refractivity contribution in [2.75, 3.05) is 38.3 Å². The Morgan fingerprint density at radius 2 is 2.04 bits per heavy atom. The van der Waals surface area contributed by atoms with E-state index < -0.39 is 0 Å². The van der Waals surface area contributed by atoms with Crippen LogP contribution < -0.4 is 10.6 Å². The Bertz CT molecular complexity index is 548. The Labute approximate surface area is 168 Å². The van der Waals surface area contributed by atoms with Crippen LogP contribution in [0.15, 0.2) is 29.3 Å². The highest BCUT2D eigenvalue weighted by Gasteiger charge is 2.14. The second kappa shape index (κ2) is 13.9. The third kappa shape index (κ3) is 9.49. The van der Waals surface area contributed by atoms with Crippen LogP contribution in [0, 0.1) is 0 Å². The molecule has 0 bridgehead atoms. The van der Waals surface area contributed by atoms with Crippen molar-refractivity contribution in [1.29, 1.82) is 0 Å². The van der Waals surface area contributed by atoms with E-state index in [0.29, 0.717) is 19.3 Å². The molecule has 152 valence electrons. The maximum atomic E-state index is 6.03. The molecule has 27 heavy (non-hydrogen) atoms. The summed E-state index contributed by atoms with van der Waals surface area (Å²) in [6.07, 6.45) is 6.89. The van der Waals surface area contributed by atoms with Crippen molar-refractivity contribution < 1.29 is 9.47 Å². The van der Waals surface area contributed by atoms with Gasteiger partial charge in [-0.3, -0.25) is 0 Å². The van der Waals surface area contributed by atoms with E-state index in [1.54, 1.807) is 0 Å². The Kier molecular flexibility index (Phi) is 11.3. The fraction of sp³-hybridized carbons (Fsp3) is 0.667. The van der Waals surface area contributed by atoms with Gasteiger partial charge in [0.2, 0.25) is 0 Å². The van der Waals surface area contributed by atoms with E-state index in [1.807, 2.05) is 11.8 Å². The monoisotopic (exact) mass is 393 g/mol. The van der Waals surface area contributed by atoms with Gasteiger partial charge in [-0.05, 0) is 55.7 Å². The minimum absolute atomic E-state index is 0.330. The highest BCUT2D eigenvalue weighted by molar-refractivity contribution is 7.98. The smallest absolute Gasteiger partial charge is 0.191 e. The highest BCUT2D eigenvalue weighted by Crippen LogP contribution is 2.14. The lowest BCUT2D eigenvalue weighted by molar-refractivity contribution is -0.0390. The van der Waals surface area contributed by atoms with E-state index in [4.69, 9.17) is 14.5 Å². The van der Waals surface area contributed by atoms with Gasteiger partial charge >= 0.3 is 0 Å². The van der Waals surface area contributed by atoms with E-state index in [-0.39, 0.29) is 0 Å². The van der Waals surface area contributed by atoms with Gasteiger partial charge in [-0.15, -0.1) is 0 Å². The minimum atomic E-state index is 0.330. The molecule has 1 saturated heterocycles. The summed E-state index contributed by atoms with van der Waals surface area (Å²) in [5.74, 6) is 2.11. The molecule has 0 atom stereocenters. The lowest BCUT2D eigenvalue weighted by Gasteiger charge is -2.22. The molecule has 0 spiro atoms. The summed E-state index contributed by atoms with van der Waals surface area (Å²) >= 11 is 1.90. The van der Waals surface area contributed by atoms with E-state index in [2.05, 4.69) is 48.1 Å². The molecule has 5 nitrogen and oxygen atoms in total. The van der Waals surface area contributed by atoms with Crippen molar-refractivity contribution in [1.82, 2.24) is 10.6 Å². The zero-order valence-electron chi connectivity index (χ0n) is 16.8. The highest BCUT2D eigenvalue weighted by atomic mass is 32.2. The van der Waals surface area contributed by atoms with Crippen LogP contribution in [-0.2, 0) is 22.6 Å². The Morgan fingerprint density at radius 1 is 1.22 bits per heavy atom. The molecule has 1 aromatic rings. The SMILES string of the molecule is CCNC(=NCc1cccc(COC2CCOCC2)c1)NCCCCSC. The molecule has 6 heteroatoms. The Morgan fingerprint density at radius 3 is 2.81 bits per heavy atom. The van der Waals surface area contributed by atoms with Crippen LogP contribution >= 0.6 is 11.8 Å². The number of hydrogen-bond acceptors (Lipinski definition) is 4. The van der Waals surface area contributed by atoms with Crippen LogP contribution in [0.1, 0.15) is 43.7 Å². The molecule has 0 aromatic heterocycles. The van der Waals surface area contributed by atoms with Gasteiger partial charge < -0.3 is 20.1 Å². The lowest BCUT2D eigenvalue weighted by atomic mass is 10.1. The van der Waals surface area contributed by atoms with Crippen molar-refractivity contribution in [3.05, 3.63) is 35.4 Å². The van der Waals surface area contributed by atoms with Gasteiger partial charge in [-0.2, -0.15) is 11.8 Å². The van der Waals surface area contributed by atoms with Crippen LogP contribution in [0.25, 0.3) is 0 Å². The zero-order valence-corrected chi connectivity index (χ0v) is 17.7. The Hall–Kier alpha value is -1.24. The van der Waals surface area contributed by atoms with E-state index >= 15 is 0 Å². The van der Waals surface area contributed by atoms with Gasteiger partial charge in [0, 0.05) is 26.3 Å². The second-order valence-electron chi connectivity index (χ2n) is 6.76. The van der Waals surface area contributed by atoms with Crippen LogP contribution in [0.5, 0.6) is 0 Å². The summed E-state index contributed by atoms with van der Waals surface area (Å²) in [6.45, 7) is 6.90. The third-order valence-electron chi connectivity index (χ3n) is 4.48. The molecule has 2 rings (SSSR count). The molecule has 1 aromatic carbocycles. The number of ether oxygens (including phenoxy) is 2. The molecular formula is C21H35N3O2S. The fourth-order valence-corrected chi connectivity index (χ4v) is 3.46. The van der Waals surface area contributed by atoms with Crippen molar-refractivity contribution in [2.24, 2.45) is 4.99 Å². The molecule has 0 unspecified atom stereocenters. The second-order valence-corrected chi connectivity index (χ2v) is 7.75.